The Morgan fingerprint density at radius 2 is 1.67 bits per heavy atom. The summed E-state index contributed by atoms with van der Waals surface area (Å²) < 4.78 is 0. The summed E-state index contributed by atoms with van der Waals surface area (Å²) in [4.78, 5) is 2.36. The number of anilines is 1. The van der Waals surface area contributed by atoms with E-state index in [1.807, 2.05) is 0 Å². The molecule has 2 aromatic rings. The number of fused-ring (bicyclic) bond motifs is 1. The van der Waals surface area contributed by atoms with Crippen molar-refractivity contribution in [2.24, 2.45) is 0 Å². The van der Waals surface area contributed by atoms with Crippen molar-refractivity contribution < 1.29 is 0 Å². The summed E-state index contributed by atoms with van der Waals surface area (Å²) in [6, 6.07) is 19.6. The topological polar surface area (TPSA) is 3.24 Å². The molecule has 1 heterocycles. The van der Waals surface area contributed by atoms with Crippen molar-refractivity contribution in [3.05, 3.63) is 72.3 Å². The van der Waals surface area contributed by atoms with Gasteiger partial charge in [-0.3, -0.25) is 0 Å². The SMILES string of the molecule is C=C1CC(c2ccccc2)N(C)c2ccccc21. The Morgan fingerprint density at radius 3 is 2.44 bits per heavy atom. The van der Waals surface area contributed by atoms with Gasteiger partial charge < -0.3 is 4.90 Å². The quantitative estimate of drug-likeness (QED) is 0.713. The highest BCUT2D eigenvalue weighted by Gasteiger charge is 2.26. The number of nitrogens with zero attached hydrogens (tertiary/aromatic N) is 1. The highest BCUT2D eigenvalue weighted by Crippen LogP contribution is 2.42. The monoisotopic (exact) mass is 235 g/mol. The van der Waals surface area contributed by atoms with Crippen LogP contribution in [0.1, 0.15) is 23.6 Å². The highest BCUT2D eigenvalue weighted by atomic mass is 15.1. The molecule has 1 atom stereocenters. The summed E-state index contributed by atoms with van der Waals surface area (Å²) in [5.41, 5.74) is 5.16. The second-order valence-electron chi connectivity index (χ2n) is 4.86. The lowest BCUT2D eigenvalue weighted by atomic mass is 9.88. The van der Waals surface area contributed by atoms with E-state index >= 15 is 0 Å². The third-order valence-corrected chi connectivity index (χ3v) is 3.76. The number of rotatable bonds is 1. The minimum atomic E-state index is 0.397. The maximum absolute atomic E-state index is 4.24. The average molecular weight is 235 g/mol. The Morgan fingerprint density at radius 1 is 1.00 bits per heavy atom. The van der Waals surface area contributed by atoms with Gasteiger partial charge in [-0.25, -0.2) is 0 Å². The first-order chi connectivity index (χ1) is 8.77. The Kier molecular flexibility index (Phi) is 2.67. The van der Waals surface area contributed by atoms with Crippen LogP contribution in [0, 0.1) is 0 Å². The Balaban J connectivity index is 2.05. The molecular formula is C17H17N. The third kappa shape index (κ3) is 1.72. The molecule has 0 N–H and O–H groups in total. The molecule has 0 saturated carbocycles. The minimum absolute atomic E-state index is 0.397. The minimum Gasteiger partial charge on any atom is -0.367 e. The predicted molar refractivity (Wildman–Crippen MR) is 77.7 cm³/mol. The molecule has 1 heteroatoms. The maximum atomic E-state index is 4.24. The first-order valence-corrected chi connectivity index (χ1v) is 6.32. The zero-order valence-electron chi connectivity index (χ0n) is 10.6. The zero-order valence-corrected chi connectivity index (χ0v) is 10.6. The number of hydrogen-bond donors (Lipinski definition) is 0. The van der Waals surface area contributed by atoms with Crippen LogP contribution in [-0.4, -0.2) is 7.05 Å². The molecule has 2 aromatic carbocycles. The van der Waals surface area contributed by atoms with Crippen LogP contribution in [0.5, 0.6) is 0 Å². The van der Waals surface area contributed by atoms with Gasteiger partial charge in [-0.15, -0.1) is 0 Å². The molecule has 1 nitrogen and oxygen atoms in total. The fourth-order valence-electron chi connectivity index (χ4n) is 2.74. The van der Waals surface area contributed by atoms with Crippen molar-refractivity contribution in [2.75, 3.05) is 11.9 Å². The normalized spacial score (nSPS) is 18.6. The van der Waals surface area contributed by atoms with Crippen LogP contribution >= 0.6 is 0 Å². The molecule has 0 radical (unpaired) electrons. The maximum Gasteiger partial charge on any atom is 0.0579 e. The van der Waals surface area contributed by atoms with Gasteiger partial charge in [0, 0.05) is 18.3 Å². The van der Waals surface area contributed by atoms with E-state index in [0.29, 0.717) is 6.04 Å². The van der Waals surface area contributed by atoms with Crippen LogP contribution in [0.2, 0.25) is 0 Å². The van der Waals surface area contributed by atoms with E-state index < -0.39 is 0 Å². The van der Waals surface area contributed by atoms with Crippen molar-refractivity contribution in [3.8, 4) is 0 Å². The highest BCUT2D eigenvalue weighted by molar-refractivity contribution is 5.79. The lowest BCUT2D eigenvalue weighted by Crippen LogP contribution is -2.28. The molecule has 0 fully saturated rings. The summed E-state index contributed by atoms with van der Waals surface area (Å²) in [7, 11) is 2.17. The van der Waals surface area contributed by atoms with Crippen molar-refractivity contribution in [1.82, 2.24) is 0 Å². The van der Waals surface area contributed by atoms with Crippen LogP contribution in [0.3, 0.4) is 0 Å². The Labute approximate surface area is 108 Å². The van der Waals surface area contributed by atoms with Gasteiger partial charge in [-0.2, -0.15) is 0 Å². The van der Waals surface area contributed by atoms with Gasteiger partial charge in [0.15, 0.2) is 0 Å². The van der Waals surface area contributed by atoms with Gasteiger partial charge in [-0.05, 0) is 23.6 Å². The smallest absolute Gasteiger partial charge is 0.0579 e. The summed E-state index contributed by atoms with van der Waals surface area (Å²) in [6.45, 7) is 4.24. The van der Waals surface area contributed by atoms with E-state index in [9.17, 15) is 0 Å². The van der Waals surface area contributed by atoms with Crippen LogP contribution in [0.25, 0.3) is 5.57 Å². The molecule has 1 aliphatic rings. The van der Waals surface area contributed by atoms with Gasteiger partial charge in [0.25, 0.3) is 0 Å². The van der Waals surface area contributed by atoms with E-state index in [1.54, 1.807) is 0 Å². The van der Waals surface area contributed by atoms with Gasteiger partial charge in [0.05, 0.1) is 6.04 Å². The van der Waals surface area contributed by atoms with E-state index in [-0.39, 0.29) is 0 Å². The fourth-order valence-corrected chi connectivity index (χ4v) is 2.74. The van der Waals surface area contributed by atoms with Crippen molar-refractivity contribution in [2.45, 2.75) is 12.5 Å². The lowest BCUT2D eigenvalue weighted by Gasteiger charge is -2.37. The molecule has 0 spiro atoms. The largest absolute Gasteiger partial charge is 0.367 e. The molecule has 0 saturated heterocycles. The fraction of sp³-hybridized carbons (Fsp3) is 0.176. The standard InChI is InChI=1S/C17H17N/c1-13-12-17(14-8-4-3-5-9-14)18(2)16-11-7-6-10-15(13)16/h3-11,17H,1,12H2,2H3. The molecule has 90 valence electrons. The zero-order chi connectivity index (χ0) is 12.5. The molecule has 0 bridgehead atoms. The van der Waals surface area contributed by atoms with Crippen molar-refractivity contribution in [3.63, 3.8) is 0 Å². The lowest BCUT2D eigenvalue weighted by molar-refractivity contribution is 0.674. The van der Waals surface area contributed by atoms with Crippen LogP contribution in [-0.2, 0) is 0 Å². The molecule has 18 heavy (non-hydrogen) atoms. The molecule has 0 aliphatic carbocycles. The van der Waals surface area contributed by atoms with Crippen LogP contribution < -0.4 is 4.90 Å². The molecule has 0 amide bonds. The average Bonchev–Trinajstić information content (AvgIpc) is 2.44. The van der Waals surface area contributed by atoms with Crippen LogP contribution in [0.4, 0.5) is 5.69 Å². The van der Waals surface area contributed by atoms with E-state index in [2.05, 4.69) is 73.1 Å². The Bertz CT molecular complexity index is 571. The van der Waals surface area contributed by atoms with Gasteiger partial charge in [-0.1, -0.05) is 55.1 Å². The summed E-state index contributed by atoms with van der Waals surface area (Å²) >= 11 is 0. The van der Waals surface area contributed by atoms with Gasteiger partial charge in [0.2, 0.25) is 0 Å². The second kappa shape index (κ2) is 4.34. The van der Waals surface area contributed by atoms with E-state index in [0.717, 1.165) is 6.42 Å². The van der Waals surface area contributed by atoms with Gasteiger partial charge in [0.1, 0.15) is 0 Å². The predicted octanol–water partition coefficient (Wildman–Crippen LogP) is 4.28. The van der Waals surface area contributed by atoms with Crippen molar-refractivity contribution >= 4 is 11.3 Å². The molecular weight excluding hydrogens is 218 g/mol. The number of para-hydroxylation sites is 1. The van der Waals surface area contributed by atoms with Gasteiger partial charge >= 0.3 is 0 Å². The number of hydrogen-bond acceptors (Lipinski definition) is 1. The summed E-state index contributed by atoms with van der Waals surface area (Å²) in [5, 5.41) is 0. The molecule has 3 rings (SSSR count). The van der Waals surface area contributed by atoms with E-state index in [4.69, 9.17) is 0 Å². The molecule has 1 unspecified atom stereocenters. The van der Waals surface area contributed by atoms with Crippen LogP contribution in [0.15, 0.2) is 61.2 Å². The summed E-state index contributed by atoms with van der Waals surface area (Å²) in [6.07, 6.45) is 0.998. The Hall–Kier alpha value is -2.02. The number of benzene rings is 2. The first-order valence-electron chi connectivity index (χ1n) is 6.32. The first kappa shape index (κ1) is 11.1. The molecule has 0 aromatic heterocycles. The van der Waals surface area contributed by atoms with Crippen molar-refractivity contribution in [1.29, 1.82) is 0 Å². The summed E-state index contributed by atoms with van der Waals surface area (Å²) in [5.74, 6) is 0. The molecule has 1 aliphatic heterocycles. The second-order valence-corrected chi connectivity index (χ2v) is 4.86. The van der Waals surface area contributed by atoms with E-state index in [1.165, 1.54) is 22.4 Å². The third-order valence-electron chi connectivity index (χ3n) is 3.76.